The molecule has 0 bridgehead atoms. The number of aliphatic hydroxyl groups is 1. The SMILES string of the molecule is CCC(CC)(OC)C(O)c1ccc(OC)cc1C. The third-order valence-electron chi connectivity index (χ3n) is 3.87. The van der Waals surface area contributed by atoms with Gasteiger partial charge in [0.1, 0.15) is 11.9 Å². The average molecular weight is 252 g/mol. The second kappa shape index (κ2) is 6.21. The number of rotatable bonds is 6. The molecule has 1 atom stereocenters. The second-order valence-corrected chi connectivity index (χ2v) is 4.60. The van der Waals surface area contributed by atoms with Crippen LogP contribution in [0.4, 0.5) is 0 Å². The van der Waals surface area contributed by atoms with Crippen molar-refractivity contribution in [3.05, 3.63) is 29.3 Å². The Balaban J connectivity index is 3.13. The number of hydrogen-bond donors (Lipinski definition) is 1. The number of aliphatic hydroxyl groups excluding tert-OH is 1. The Morgan fingerprint density at radius 2 is 1.83 bits per heavy atom. The Bertz CT molecular complexity index is 375. The van der Waals surface area contributed by atoms with Crippen molar-refractivity contribution in [1.29, 1.82) is 0 Å². The lowest BCUT2D eigenvalue weighted by molar-refractivity contribution is -0.110. The summed E-state index contributed by atoms with van der Waals surface area (Å²) >= 11 is 0. The molecular formula is C15H24O3. The molecule has 0 saturated carbocycles. The first-order valence-electron chi connectivity index (χ1n) is 6.42. The summed E-state index contributed by atoms with van der Waals surface area (Å²) in [5.41, 5.74) is 1.41. The summed E-state index contributed by atoms with van der Waals surface area (Å²) in [6.07, 6.45) is 0.919. The summed E-state index contributed by atoms with van der Waals surface area (Å²) in [6, 6.07) is 5.72. The molecule has 3 heteroatoms. The minimum Gasteiger partial charge on any atom is -0.497 e. The van der Waals surface area contributed by atoms with E-state index in [1.807, 2.05) is 39.0 Å². The zero-order valence-corrected chi connectivity index (χ0v) is 12.0. The smallest absolute Gasteiger partial charge is 0.119 e. The maximum Gasteiger partial charge on any atom is 0.119 e. The van der Waals surface area contributed by atoms with E-state index < -0.39 is 11.7 Å². The third kappa shape index (κ3) is 2.68. The van der Waals surface area contributed by atoms with Gasteiger partial charge in [-0.2, -0.15) is 0 Å². The first kappa shape index (κ1) is 15.0. The van der Waals surface area contributed by atoms with Crippen LogP contribution in [0.1, 0.15) is 43.9 Å². The zero-order chi connectivity index (χ0) is 13.8. The summed E-state index contributed by atoms with van der Waals surface area (Å²) in [4.78, 5) is 0. The van der Waals surface area contributed by atoms with Crippen molar-refractivity contribution >= 4 is 0 Å². The predicted molar refractivity (Wildman–Crippen MR) is 73.0 cm³/mol. The lowest BCUT2D eigenvalue weighted by Crippen LogP contribution is -2.37. The molecule has 3 nitrogen and oxygen atoms in total. The highest BCUT2D eigenvalue weighted by molar-refractivity contribution is 5.37. The van der Waals surface area contributed by atoms with Crippen molar-refractivity contribution in [3.63, 3.8) is 0 Å². The fraction of sp³-hybridized carbons (Fsp3) is 0.600. The number of benzene rings is 1. The van der Waals surface area contributed by atoms with Crippen molar-refractivity contribution in [2.75, 3.05) is 14.2 Å². The molecule has 0 aliphatic rings. The number of aryl methyl sites for hydroxylation is 1. The maximum atomic E-state index is 10.6. The summed E-state index contributed by atoms with van der Waals surface area (Å²) in [5, 5.41) is 10.6. The minimum absolute atomic E-state index is 0.515. The van der Waals surface area contributed by atoms with E-state index >= 15 is 0 Å². The number of ether oxygens (including phenoxy) is 2. The molecule has 0 aliphatic heterocycles. The molecule has 1 unspecified atom stereocenters. The average Bonchev–Trinajstić information content (AvgIpc) is 2.41. The molecule has 0 heterocycles. The van der Waals surface area contributed by atoms with E-state index in [1.165, 1.54) is 0 Å². The molecule has 1 aromatic rings. The Kier molecular flexibility index (Phi) is 5.17. The molecule has 1 N–H and O–H groups in total. The van der Waals surface area contributed by atoms with Crippen molar-refractivity contribution in [1.82, 2.24) is 0 Å². The normalized spacial score (nSPS) is 13.4. The van der Waals surface area contributed by atoms with Crippen LogP contribution in [0.5, 0.6) is 5.75 Å². The van der Waals surface area contributed by atoms with Crippen molar-refractivity contribution in [3.8, 4) is 5.75 Å². The molecule has 0 amide bonds. The highest BCUT2D eigenvalue weighted by atomic mass is 16.5. The molecule has 0 aromatic heterocycles. The first-order valence-corrected chi connectivity index (χ1v) is 6.42. The van der Waals surface area contributed by atoms with Gasteiger partial charge in [0, 0.05) is 7.11 Å². The van der Waals surface area contributed by atoms with Crippen LogP contribution >= 0.6 is 0 Å². The van der Waals surface area contributed by atoms with Crippen LogP contribution in [0.2, 0.25) is 0 Å². The van der Waals surface area contributed by atoms with Gasteiger partial charge in [-0.25, -0.2) is 0 Å². The fourth-order valence-corrected chi connectivity index (χ4v) is 2.40. The van der Waals surface area contributed by atoms with Gasteiger partial charge in [-0.05, 0) is 43.0 Å². The van der Waals surface area contributed by atoms with Gasteiger partial charge in [0.25, 0.3) is 0 Å². The quantitative estimate of drug-likeness (QED) is 0.844. The van der Waals surface area contributed by atoms with E-state index in [9.17, 15) is 5.11 Å². The topological polar surface area (TPSA) is 38.7 Å². The zero-order valence-electron chi connectivity index (χ0n) is 12.0. The summed E-state index contributed by atoms with van der Waals surface area (Å²) < 4.78 is 10.8. The minimum atomic E-state index is -0.622. The van der Waals surface area contributed by atoms with Crippen LogP contribution < -0.4 is 4.74 Å². The lowest BCUT2D eigenvalue weighted by Gasteiger charge is -2.36. The van der Waals surface area contributed by atoms with E-state index in [2.05, 4.69) is 0 Å². The van der Waals surface area contributed by atoms with Crippen LogP contribution in [0.15, 0.2) is 18.2 Å². The van der Waals surface area contributed by atoms with E-state index in [1.54, 1.807) is 14.2 Å². The highest BCUT2D eigenvalue weighted by Gasteiger charge is 2.36. The molecule has 0 aliphatic carbocycles. The lowest BCUT2D eigenvalue weighted by atomic mass is 9.84. The summed E-state index contributed by atoms with van der Waals surface area (Å²) in [5.74, 6) is 0.805. The Morgan fingerprint density at radius 1 is 1.22 bits per heavy atom. The molecule has 0 spiro atoms. The van der Waals surface area contributed by atoms with Crippen LogP contribution in [0.3, 0.4) is 0 Å². The molecule has 102 valence electrons. The van der Waals surface area contributed by atoms with E-state index in [0.29, 0.717) is 0 Å². The molecule has 0 fully saturated rings. The Morgan fingerprint density at radius 3 is 2.22 bits per heavy atom. The maximum absolute atomic E-state index is 10.6. The van der Waals surface area contributed by atoms with E-state index in [4.69, 9.17) is 9.47 Å². The third-order valence-corrected chi connectivity index (χ3v) is 3.87. The van der Waals surface area contributed by atoms with Crippen LogP contribution in [-0.2, 0) is 4.74 Å². The fourth-order valence-electron chi connectivity index (χ4n) is 2.40. The van der Waals surface area contributed by atoms with Crippen molar-refractivity contribution in [2.45, 2.75) is 45.3 Å². The van der Waals surface area contributed by atoms with E-state index in [0.717, 1.165) is 29.7 Å². The number of hydrogen-bond acceptors (Lipinski definition) is 3. The standard InChI is InChI=1S/C15H24O3/c1-6-15(7-2,18-5)14(16)13-9-8-12(17-4)10-11(13)3/h8-10,14,16H,6-7H2,1-5H3. The Hall–Kier alpha value is -1.06. The first-order chi connectivity index (χ1) is 8.54. The number of methoxy groups -OCH3 is 2. The van der Waals surface area contributed by atoms with Gasteiger partial charge < -0.3 is 14.6 Å². The summed E-state index contributed by atoms with van der Waals surface area (Å²) in [7, 11) is 3.30. The van der Waals surface area contributed by atoms with Gasteiger partial charge >= 0.3 is 0 Å². The van der Waals surface area contributed by atoms with E-state index in [-0.39, 0.29) is 0 Å². The van der Waals surface area contributed by atoms with Gasteiger partial charge in [0.2, 0.25) is 0 Å². The van der Waals surface area contributed by atoms with Crippen LogP contribution in [-0.4, -0.2) is 24.9 Å². The largest absolute Gasteiger partial charge is 0.497 e. The van der Waals surface area contributed by atoms with Crippen LogP contribution in [0.25, 0.3) is 0 Å². The van der Waals surface area contributed by atoms with Crippen molar-refractivity contribution < 1.29 is 14.6 Å². The molecule has 0 saturated heterocycles. The molecule has 1 rings (SSSR count). The monoisotopic (exact) mass is 252 g/mol. The van der Waals surface area contributed by atoms with Gasteiger partial charge in [0.05, 0.1) is 12.7 Å². The van der Waals surface area contributed by atoms with Crippen molar-refractivity contribution in [2.24, 2.45) is 0 Å². The molecule has 18 heavy (non-hydrogen) atoms. The van der Waals surface area contributed by atoms with Gasteiger partial charge in [-0.15, -0.1) is 0 Å². The summed E-state index contributed by atoms with van der Waals surface area (Å²) in [6.45, 7) is 6.05. The van der Waals surface area contributed by atoms with Gasteiger partial charge in [-0.3, -0.25) is 0 Å². The highest BCUT2D eigenvalue weighted by Crippen LogP contribution is 2.36. The van der Waals surface area contributed by atoms with Gasteiger partial charge in [0.15, 0.2) is 0 Å². The molecule has 0 radical (unpaired) electrons. The molecular weight excluding hydrogens is 228 g/mol. The van der Waals surface area contributed by atoms with Gasteiger partial charge in [-0.1, -0.05) is 19.9 Å². The second-order valence-electron chi connectivity index (χ2n) is 4.60. The Labute approximate surface area is 110 Å². The molecule has 1 aromatic carbocycles. The predicted octanol–water partition coefficient (Wildman–Crippen LogP) is 3.24. The van der Waals surface area contributed by atoms with Crippen LogP contribution in [0, 0.1) is 6.92 Å².